The van der Waals surface area contributed by atoms with Crippen LogP contribution in [0, 0.1) is 0 Å². The van der Waals surface area contributed by atoms with Gasteiger partial charge in [-0.1, -0.05) is 11.6 Å². The Morgan fingerprint density at radius 1 is 1.19 bits per heavy atom. The van der Waals surface area contributed by atoms with Gasteiger partial charge in [0.25, 0.3) is 5.91 Å². The number of hydroxylamine groups is 1. The summed E-state index contributed by atoms with van der Waals surface area (Å²) in [6, 6.07) is 12.9. The molecule has 27 heavy (non-hydrogen) atoms. The second-order valence-corrected chi connectivity index (χ2v) is 6.66. The van der Waals surface area contributed by atoms with Crippen molar-refractivity contribution in [3.63, 3.8) is 0 Å². The number of nitrogens with zero attached hydrogens (tertiary/aromatic N) is 2. The summed E-state index contributed by atoms with van der Waals surface area (Å²) in [5.74, 6) is 5.92. The van der Waals surface area contributed by atoms with E-state index in [2.05, 4.69) is 10.4 Å². The molecule has 0 aliphatic carbocycles. The summed E-state index contributed by atoms with van der Waals surface area (Å²) in [4.78, 5) is 19.1. The van der Waals surface area contributed by atoms with Crippen LogP contribution in [0.25, 0.3) is 5.70 Å². The Hall–Kier alpha value is -2.74. The number of nitrogens with two attached hydrogens (primary N) is 2. The molecular formula is C19H22ClN5O2. The number of halogens is 1. The van der Waals surface area contributed by atoms with E-state index in [9.17, 15) is 4.79 Å². The number of amides is 1. The number of hydrogen-bond acceptors (Lipinski definition) is 6. The smallest absolute Gasteiger partial charge is 0.274 e. The maximum atomic E-state index is 12.2. The fraction of sp³-hybridized carbons (Fsp3) is 0.211. The van der Waals surface area contributed by atoms with E-state index in [1.807, 2.05) is 37.3 Å². The Kier molecular flexibility index (Phi) is 5.55. The highest BCUT2D eigenvalue weighted by Gasteiger charge is 2.25. The molecule has 142 valence electrons. The Labute approximate surface area is 163 Å². The molecule has 1 aliphatic rings. The number of allylic oxidation sites excluding steroid dienone is 1. The van der Waals surface area contributed by atoms with Crippen molar-refractivity contribution >= 4 is 34.6 Å². The molecule has 0 fully saturated rings. The third kappa shape index (κ3) is 3.85. The highest BCUT2D eigenvalue weighted by Crippen LogP contribution is 2.37. The molecular weight excluding hydrogens is 366 g/mol. The molecule has 0 atom stereocenters. The molecule has 3 rings (SSSR count). The Morgan fingerprint density at radius 2 is 1.89 bits per heavy atom. The number of benzene rings is 2. The molecule has 2 aromatic carbocycles. The second kappa shape index (κ2) is 7.87. The van der Waals surface area contributed by atoms with E-state index in [4.69, 9.17) is 28.0 Å². The number of hydrazine groups is 1. The fourth-order valence-corrected chi connectivity index (χ4v) is 3.30. The lowest BCUT2D eigenvalue weighted by Crippen LogP contribution is -2.34. The Morgan fingerprint density at radius 3 is 2.52 bits per heavy atom. The van der Waals surface area contributed by atoms with Crippen molar-refractivity contribution in [3.05, 3.63) is 64.3 Å². The van der Waals surface area contributed by atoms with Gasteiger partial charge in [-0.25, -0.2) is 11.3 Å². The van der Waals surface area contributed by atoms with Crippen molar-refractivity contribution in [2.24, 2.45) is 11.6 Å². The normalized spacial score (nSPS) is 15.9. The SMILES string of the molecule is CONC(=O)c1ccc2c(c1)N(c1ccc(Cl)cc1)CCN(N)/C2=C(/C)N. The first kappa shape index (κ1) is 19.0. The molecule has 1 aliphatic heterocycles. The Balaban J connectivity index is 2.19. The van der Waals surface area contributed by atoms with E-state index in [0.29, 0.717) is 29.4 Å². The van der Waals surface area contributed by atoms with Crippen molar-refractivity contribution in [1.29, 1.82) is 0 Å². The van der Waals surface area contributed by atoms with Gasteiger partial charge in [-0.2, -0.15) is 0 Å². The number of anilines is 2. The standard InChI is InChI=1S/C19H22ClN5O2/c1-12(21)18-16-8-3-13(19(26)23-27-2)11-17(16)24(9-10-25(18)22)15-6-4-14(20)5-7-15/h3-8,11H,9-10,21-22H2,1-2H3,(H,23,26)/b18-12-. The second-order valence-electron chi connectivity index (χ2n) is 6.22. The molecule has 0 radical (unpaired) electrons. The predicted molar refractivity (Wildman–Crippen MR) is 107 cm³/mol. The van der Waals surface area contributed by atoms with E-state index >= 15 is 0 Å². The largest absolute Gasteiger partial charge is 0.401 e. The first-order valence-corrected chi connectivity index (χ1v) is 8.79. The fourth-order valence-electron chi connectivity index (χ4n) is 3.17. The lowest BCUT2D eigenvalue weighted by Gasteiger charge is -2.25. The van der Waals surface area contributed by atoms with E-state index < -0.39 is 0 Å². The molecule has 1 amide bonds. The van der Waals surface area contributed by atoms with E-state index in [0.717, 1.165) is 22.6 Å². The highest BCUT2D eigenvalue weighted by atomic mass is 35.5. The number of hydrogen-bond donors (Lipinski definition) is 3. The quantitative estimate of drug-likeness (QED) is 0.553. The molecule has 0 aromatic heterocycles. The Bertz CT molecular complexity index is 878. The van der Waals surface area contributed by atoms with Crippen LogP contribution in [0.15, 0.2) is 48.2 Å². The minimum Gasteiger partial charge on any atom is -0.401 e. The molecule has 5 N–H and O–H groups in total. The topological polar surface area (TPSA) is 96.8 Å². The van der Waals surface area contributed by atoms with Crippen LogP contribution >= 0.6 is 11.6 Å². The molecule has 7 nitrogen and oxygen atoms in total. The predicted octanol–water partition coefficient (Wildman–Crippen LogP) is 2.61. The zero-order valence-corrected chi connectivity index (χ0v) is 16.0. The van der Waals surface area contributed by atoms with Gasteiger partial charge in [0.2, 0.25) is 0 Å². The van der Waals surface area contributed by atoms with Gasteiger partial charge in [0, 0.05) is 34.1 Å². The molecule has 0 spiro atoms. The van der Waals surface area contributed by atoms with Gasteiger partial charge in [0.05, 0.1) is 25.0 Å². The number of carbonyl (C=O) groups excluding carboxylic acids is 1. The summed E-state index contributed by atoms with van der Waals surface area (Å²) >= 11 is 6.03. The molecule has 0 bridgehead atoms. The number of fused-ring (bicyclic) bond motifs is 1. The van der Waals surface area contributed by atoms with Gasteiger partial charge in [-0.05, 0) is 49.4 Å². The van der Waals surface area contributed by atoms with Crippen LogP contribution in [-0.4, -0.2) is 31.1 Å². The van der Waals surface area contributed by atoms with E-state index in [1.54, 1.807) is 17.1 Å². The third-order valence-corrected chi connectivity index (χ3v) is 4.62. The molecule has 2 aromatic rings. The highest BCUT2D eigenvalue weighted by molar-refractivity contribution is 6.30. The molecule has 0 unspecified atom stereocenters. The van der Waals surface area contributed by atoms with Gasteiger partial charge < -0.3 is 15.6 Å². The maximum absolute atomic E-state index is 12.2. The van der Waals surface area contributed by atoms with Crippen molar-refractivity contribution < 1.29 is 9.63 Å². The molecule has 1 heterocycles. The van der Waals surface area contributed by atoms with Crippen LogP contribution < -0.4 is 22.0 Å². The minimum atomic E-state index is -0.333. The van der Waals surface area contributed by atoms with Gasteiger partial charge in [-0.3, -0.25) is 9.63 Å². The van der Waals surface area contributed by atoms with Crippen molar-refractivity contribution in [2.45, 2.75) is 6.92 Å². The summed E-state index contributed by atoms with van der Waals surface area (Å²) in [6.07, 6.45) is 0. The molecule has 0 saturated heterocycles. The third-order valence-electron chi connectivity index (χ3n) is 4.36. The first-order valence-electron chi connectivity index (χ1n) is 8.42. The van der Waals surface area contributed by atoms with Crippen LogP contribution in [0.1, 0.15) is 22.8 Å². The molecule has 0 saturated carbocycles. The van der Waals surface area contributed by atoms with Crippen molar-refractivity contribution in [2.75, 3.05) is 25.1 Å². The first-order chi connectivity index (χ1) is 12.9. The monoisotopic (exact) mass is 387 g/mol. The zero-order chi connectivity index (χ0) is 19.6. The van der Waals surface area contributed by atoms with Gasteiger partial charge in [0.1, 0.15) is 0 Å². The average Bonchev–Trinajstić information content (AvgIpc) is 2.78. The summed E-state index contributed by atoms with van der Waals surface area (Å²) < 4.78 is 0. The lowest BCUT2D eigenvalue weighted by molar-refractivity contribution is 0.0537. The van der Waals surface area contributed by atoms with Crippen LogP contribution in [0.2, 0.25) is 5.02 Å². The van der Waals surface area contributed by atoms with E-state index in [-0.39, 0.29) is 5.91 Å². The maximum Gasteiger partial charge on any atom is 0.274 e. The zero-order valence-electron chi connectivity index (χ0n) is 15.2. The summed E-state index contributed by atoms with van der Waals surface area (Å²) in [7, 11) is 1.40. The number of carbonyl (C=O) groups is 1. The van der Waals surface area contributed by atoms with Crippen LogP contribution in [0.4, 0.5) is 11.4 Å². The van der Waals surface area contributed by atoms with Crippen molar-refractivity contribution in [1.82, 2.24) is 10.5 Å². The van der Waals surface area contributed by atoms with Gasteiger partial charge in [0.15, 0.2) is 0 Å². The van der Waals surface area contributed by atoms with Gasteiger partial charge >= 0.3 is 0 Å². The van der Waals surface area contributed by atoms with Crippen LogP contribution in [0.5, 0.6) is 0 Å². The minimum absolute atomic E-state index is 0.333. The summed E-state index contributed by atoms with van der Waals surface area (Å²) in [5.41, 5.74) is 12.9. The molecule has 8 heteroatoms. The van der Waals surface area contributed by atoms with Crippen molar-refractivity contribution in [3.8, 4) is 0 Å². The number of nitrogens with one attached hydrogen (secondary N) is 1. The van der Waals surface area contributed by atoms with Gasteiger partial charge in [-0.15, -0.1) is 0 Å². The number of rotatable bonds is 3. The van der Waals surface area contributed by atoms with E-state index in [1.165, 1.54) is 7.11 Å². The average molecular weight is 388 g/mol. The summed E-state index contributed by atoms with van der Waals surface area (Å²) in [6.45, 7) is 2.97. The van der Waals surface area contributed by atoms with Crippen LogP contribution in [-0.2, 0) is 4.84 Å². The summed E-state index contributed by atoms with van der Waals surface area (Å²) in [5, 5.41) is 2.29. The lowest BCUT2D eigenvalue weighted by atomic mass is 10.0. The van der Waals surface area contributed by atoms with Crippen LogP contribution in [0.3, 0.4) is 0 Å².